The molecule has 0 amide bonds. The topological polar surface area (TPSA) is 0 Å². The second-order valence-electron chi connectivity index (χ2n) is 10.7. The maximum Gasteiger partial charge on any atom is 0.0355 e. The summed E-state index contributed by atoms with van der Waals surface area (Å²) >= 11 is 3.67. The summed E-state index contributed by atoms with van der Waals surface area (Å²) in [5.74, 6) is 0. The molecule has 32 heavy (non-hydrogen) atoms. The van der Waals surface area contributed by atoms with Gasteiger partial charge in [-0.05, 0) is 78.5 Å². The van der Waals surface area contributed by atoms with Crippen LogP contribution in [0.3, 0.4) is 0 Å². The van der Waals surface area contributed by atoms with Gasteiger partial charge in [0.15, 0.2) is 0 Å². The molecule has 0 spiro atoms. The summed E-state index contributed by atoms with van der Waals surface area (Å²) in [7, 11) is 0. The molecule has 0 aliphatic carbocycles. The van der Waals surface area contributed by atoms with Crippen molar-refractivity contribution in [3.63, 3.8) is 0 Å². The van der Waals surface area contributed by atoms with Crippen molar-refractivity contribution in [2.75, 3.05) is 0 Å². The Hall–Kier alpha value is -2.42. The largest absolute Gasteiger partial charge is 0.144 e. The first-order chi connectivity index (χ1) is 15.1. The molecule has 5 aromatic rings. The summed E-state index contributed by atoms with van der Waals surface area (Å²) in [6.45, 7) is 13.8. The van der Waals surface area contributed by atoms with Crippen LogP contribution in [-0.2, 0) is 10.8 Å². The summed E-state index contributed by atoms with van der Waals surface area (Å²) in [5, 5.41) is 9.80. The van der Waals surface area contributed by atoms with E-state index in [-0.39, 0.29) is 10.8 Å². The smallest absolute Gasteiger partial charge is 0.0355 e. The minimum Gasteiger partial charge on any atom is -0.144 e. The Morgan fingerprint density at radius 1 is 0.500 bits per heavy atom. The van der Waals surface area contributed by atoms with Gasteiger partial charge < -0.3 is 0 Å². The molecule has 0 unspecified atom stereocenters. The van der Waals surface area contributed by atoms with Gasteiger partial charge in [-0.3, -0.25) is 0 Å². The minimum absolute atomic E-state index is 0.106. The summed E-state index contributed by atoms with van der Waals surface area (Å²) in [6, 6.07) is 23.2. The van der Waals surface area contributed by atoms with E-state index in [9.17, 15) is 0 Å². The highest BCUT2D eigenvalue weighted by atomic mass is 32.1. The first kappa shape index (κ1) is 21.4. The lowest BCUT2D eigenvalue weighted by Crippen LogP contribution is -2.11. The van der Waals surface area contributed by atoms with Gasteiger partial charge in [0.1, 0.15) is 0 Å². The highest BCUT2D eigenvalue weighted by Crippen LogP contribution is 2.47. The van der Waals surface area contributed by atoms with Gasteiger partial charge in [0.05, 0.1) is 0 Å². The Morgan fingerprint density at radius 3 is 1.22 bits per heavy atom. The van der Waals surface area contributed by atoms with Crippen LogP contribution < -0.4 is 0 Å². The van der Waals surface area contributed by atoms with Crippen LogP contribution in [0.25, 0.3) is 42.4 Å². The van der Waals surface area contributed by atoms with Crippen LogP contribution in [0.15, 0.2) is 71.4 Å². The van der Waals surface area contributed by atoms with E-state index in [1.807, 2.05) is 22.7 Å². The van der Waals surface area contributed by atoms with Gasteiger partial charge in [0.2, 0.25) is 0 Å². The third-order valence-electron chi connectivity index (χ3n) is 6.38. The van der Waals surface area contributed by atoms with Crippen LogP contribution in [0.2, 0.25) is 0 Å². The van der Waals surface area contributed by atoms with Crippen LogP contribution in [0, 0.1) is 0 Å². The van der Waals surface area contributed by atoms with Gasteiger partial charge in [-0.1, -0.05) is 77.9 Å². The van der Waals surface area contributed by atoms with E-state index in [0.29, 0.717) is 0 Å². The summed E-state index contributed by atoms with van der Waals surface area (Å²) in [4.78, 5) is 2.68. The SMILES string of the molecule is CC(C)(C)c1ccc2c(-c3cccs3)c3cc(C(C)(C)C)ccc3c(-c3cccs3)c2c1. The molecule has 0 atom stereocenters. The highest BCUT2D eigenvalue weighted by molar-refractivity contribution is 7.14. The standard InChI is InChI=1S/C30H30S2/c1-29(2,3)19-11-13-21-23(17-19)27(25-9-7-15-31-25)22-14-12-20(30(4,5)6)18-24(22)28(21)26-10-8-16-32-26/h7-18H,1-6H3. The van der Waals surface area contributed by atoms with Crippen molar-refractivity contribution in [2.24, 2.45) is 0 Å². The average Bonchev–Trinajstić information content (AvgIpc) is 3.44. The van der Waals surface area contributed by atoms with Gasteiger partial charge in [-0.15, -0.1) is 22.7 Å². The second kappa shape index (κ2) is 7.57. The lowest BCUT2D eigenvalue weighted by molar-refractivity contribution is 0.590. The maximum atomic E-state index is 2.44. The summed E-state index contributed by atoms with van der Waals surface area (Å²) in [5.41, 5.74) is 5.72. The van der Waals surface area contributed by atoms with Crippen LogP contribution in [-0.4, -0.2) is 0 Å². The second-order valence-corrected chi connectivity index (χ2v) is 12.6. The molecule has 0 aliphatic rings. The fourth-order valence-corrected chi connectivity index (χ4v) is 6.13. The van der Waals surface area contributed by atoms with Gasteiger partial charge in [-0.2, -0.15) is 0 Å². The molecule has 0 fully saturated rings. The molecule has 0 bridgehead atoms. The molecular formula is C30H30S2. The summed E-state index contributed by atoms with van der Waals surface area (Å²) < 4.78 is 0. The third kappa shape index (κ3) is 3.60. The minimum atomic E-state index is 0.106. The molecule has 0 N–H and O–H groups in total. The molecule has 0 saturated heterocycles. The number of benzene rings is 3. The Kier molecular flexibility index (Phi) is 5.07. The average molecular weight is 455 g/mol. The molecule has 0 nitrogen and oxygen atoms in total. The van der Waals surface area contributed by atoms with Crippen molar-refractivity contribution in [3.05, 3.63) is 82.6 Å². The van der Waals surface area contributed by atoms with Gasteiger partial charge in [0, 0.05) is 20.9 Å². The predicted molar refractivity (Wildman–Crippen MR) is 145 cm³/mol. The number of hydrogen-bond acceptors (Lipinski definition) is 2. The number of rotatable bonds is 2. The fraction of sp³-hybridized carbons (Fsp3) is 0.267. The van der Waals surface area contributed by atoms with Crippen molar-refractivity contribution >= 4 is 44.2 Å². The zero-order chi connectivity index (χ0) is 22.7. The van der Waals surface area contributed by atoms with Gasteiger partial charge in [0.25, 0.3) is 0 Å². The van der Waals surface area contributed by atoms with Crippen molar-refractivity contribution in [2.45, 2.75) is 52.4 Å². The first-order valence-electron chi connectivity index (χ1n) is 11.3. The van der Waals surface area contributed by atoms with E-state index in [2.05, 4.69) is 113 Å². The molecule has 5 rings (SSSR count). The maximum absolute atomic E-state index is 2.44. The molecular weight excluding hydrogens is 424 g/mol. The molecule has 3 aromatic carbocycles. The van der Waals surface area contributed by atoms with E-state index < -0.39 is 0 Å². The van der Waals surface area contributed by atoms with Crippen LogP contribution >= 0.6 is 22.7 Å². The van der Waals surface area contributed by atoms with Crippen LogP contribution in [0.5, 0.6) is 0 Å². The van der Waals surface area contributed by atoms with Crippen molar-refractivity contribution in [1.82, 2.24) is 0 Å². The number of thiophene rings is 2. The highest BCUT2D eigenvalue weighted by Gasteiger charge is 2.22. The molecule has 0 radical (unpaired) electrons. The van der Waals surface area contributed by atoms with Crippen LogP contribution in [0.1, 0.15) is 52.7 Å². The third-order valence-corrected chi connectivity index (χ3v) is 8.16. The normalized spacial score (nSPS) is 12.7. The predicted octanol–water partition coefficient (Wildman–Crippen LogP) is 10.0. The molecule has 2 heterocycles. The lowest BCUT2D eigenvalue weighted by Gasteiger charge is -2.24. The lowest BCUT2D eigenvalue weighted by atomic mass is 9.81. The quantitative estimate of drug-likeness (QED) is 0.233. The number of fused-ring (bicyclic) bond motifs is 2. The molecule has 0 aliphatic heterocycles. The van der Waals surface area contributed by atoms with E-state index in [4.69, 9.17) is 0 Å². The molecule has 2 heteroatoms. The molecule has 0 saturated carbocycles. The Balaban J connectivity index is 2.02. The van der Waals surface area contributed by atoms with Gasteiger partial charge >= 0.3 is 0 Å². The Labute approximate surface area is 199 Å². The van der Waals surface area contributed by atoms with E-state index in [1.54, 1.807) is 0 Å². The summed E-state index contributed by atoms with van der Waals surface area (Å²) in [6.07, 6.45) is 0. The molecule has 162 valence electrons. The van der Waals surface area contributed by atoms with Crippen molar-refractivity contribution in [3.8, 4) is 20.9 Å². The monoisotopic (exact) mass is 454 g/mol. The zero-order valence-corrected chi connectivity index (χ0v) is 21.4. The molecule has 2 aromatic heterocycles. The Bertz CT molecular complexity index is 1290. The number of hydrogen-bond donors (Lipinski definition) is 0. The van der Waals surface area contributed by atoms with E-state index in [0.717, 1.165) is 0 Å². The van der Waals surface area contributed by atoms with Crippen LogP contribution in [0.4, 0.5) is 0 Å². The van der Waals surface area contributed by atoms with E-state index >= 15 is 0 Å². The fourth-order valence-electron chi connectivity index (χ4n) is 4.53. The van der Waals surface area contributed by atoms with Crippen molar-refractivity contribution in [1.29, 1.82) is 0 Å². The first-order valence-corrected chi connectivity index (χ1v) is 13.0. The van der Waals surface area contributed by atoms with Crippen molar-refractivity contribution < 1.29 is 0 Å². The van der Waals surface area contributed by atoms with Gasteiger partial charge in [-0.25, -0.2) is 0 Å². The zero-order valence-electron chi connectivity index (χ0n) is 19.7. The van der Waals surface area contributed by atoms with E-state index in [1.165, 1.54) is 53.6 Å². The Morgan fingerprint density at radius 2 is 0.906 bits per heavy atom.